The molecular weight excluding hydrogens is 500 g/mol. The molecule has 0 bridgehead atoms. The van der Waals surface area contributed by atoms with Gasteiger partial charge in [0, 0.05) is 19.6 Å². The highest BCUT2D eigenvalue weighted by atomic mass is 35.5. The second-order valence-electron chi connectivity index (χ2n) is 7.91. The van der Waals surface area contributed by atoms with Crippen LogP contribution in [0.15, 0.2) is 42.7 Å². The van der Waals surface area contributed by atoms with Crippen LogP contribution in [0, 0.1) is 5.82 Å². The molecule has 3 aromatic heterocycles. The van der Waals surface area contributed by atoms with Crippen molar-refractivity contribution in [1.29, 1.82) is 0 Å². The third-order valence-corrected chi connectivity index (χ3v) is 5.98. The molecule has 1 saturated heterocycles. The second-order valence-corrected chi connectivity index (χ2v) is 8.73. The minimum atomic E-state index is -1.06. The predicted octanol–water partition coefficient (Wildman–Crippen LogP) is 2.92. The first kappa shape index (κ1) is 23.4. The van der Waals surface area contributed by atoms with E-state index in [1.54, 1.807) is 18.2 Å². The van der Waals surface area contributed by atoms with Gasteiger partial charge in [0.05, 0.1) is 34.1 Å². The molecule has 0 unspecified atom stereocenters. The Bertz CT molecular complexity index is 1360. The average Bonchev–Trinajstić information content (AvgIpc) is 3.28. The van der Waals surface area contributed by atoms with Gasteiger partial charge in [-0.2, -0.15) is 10.1 Å². The zero-order chi connectivity index (χ0) is 24.5. The van der Waals surface area contributed by atoms with Crippen molar-refractivity contribution in [2.75, 3.05) is 25.0 Å². The van der Waals surface area contributed by atoms with Crippen LogP contribution in [0.3, 0.4) is 0 Å². The lowest BCUT2D eigenvalue weighted by Gasteiger charge is -2.37. The van der Waals surface area contributed by atoms with Gasteiger partial charge in [0.1, 0.15) is 17.0 Å². The van der Waals surface area contributed by atoms with Crippen molar-refractivity contribution >= 4 is 46.0 Å². The average molecular weight is 518 g/mol. The number of β-amino-alcohol motifs (C(OH)–C–C–N with tert-alkyl or cyclic N) is 1. The smallest absolute Gasteiger partial charge is 0.268 e. The van der Waals surface area contributed by atoms with Gasteiger partial charge in [-0.1, -0.05) is 29.3 Å². The van der Waals surface area contributed by atoms with E-state index in [9.17, 15) is 14.3 Å². The lowest BCUT2D eigenvalue weighted by atomic mass is 10.1. The molecule has 180 valence electrons. The number of likely N-dealkylation sites (tertiary alicyclic amines) is 1. The number of aromatic nitrogens is 5. The molecule has 1 amide bonds. The van der Waals surface area contributed by atoms with E-state index in [0.717, 1.165) is 6.20 Å². The molecular formula is C22H18Cl2FN7O3. The third kappa shape index (κ3) is 5.03. The number of amides is 1. The fraction of sp³-hybridized carbons (Fsp3) is 0.227. The van der Waals surface area contributed by atoms with Crippen molar-refractivity contribution in [2.45, 2.75) is 12.2 Å². The number of halogens is 3. The van der Waals surface area contributed by atoms with Crippen LogP contribution < -0.4 is 10.1 Å². The summed E-state index contributed by atoms with van der Waals surface area (Å²) in [7, 11) is 0. The molecule has 1 atom stereocenters. The highest BCUT2D eigenvalue weighted by molar-refractivity contribution is 6.39. The van der Waals surface area contributed by atoms with E-state index < -0.39 is 23.9 Å². The van der Waals surface area contributed by atoms with Crippen LogP contribution >= 0.6 is 23.2 Å². The van der Waals surface area contributed by atoms with Gasteiger partial charge in [-0.15, -0.1) is 0 Å². The van der Waals surface area contributed by atoms with Crippen LogP contribution in [0.2, 0.25) is 10.0 Å². The van der Waals surface area contributed by atoms with E-state index in [0.29, 0.717) is 39.7 Å². The molecule has 0 radical (unpaired) electrons. The minimum Gasteiger partial charge on any atom is -0.462 e. The van der Waals surface area contributed by atoms with E-state index >= 15 is 0 Å². The number of carbonyl (C=O) groups is 1. The predicted molar refractivity (Wildman–Crippen MR) is 127 cm³/mol. The zero-order valence-electron chi connectivity index (χ0n) is 18.0. The van der Waals surface area contributed by atoms with Crippen molar-refractivity contribution in [3.05, 3.63) is 58.6 Å². The number of benzene rings is 1. The quantitative estimate of drug-likeness (QED) is 0.341. The normalized spacial score (nSPS) is 15.1. The molecule has 3 N–H and O–H groups in total. The minimum absolute atomic E-state index is 0.0861. The van der Waals surface area contributed by atoms with Crippen molar-refractivity contribution in [2.24, 2.45) is 0 Å². The fourth-order valence-corrected chi connectivity index (χ4v) is 4.18. The summed E-state index contributed by atoms with van der Waals surface area (Å²) in [6, 6.07) is 7.54. The number of hydrogen-bond donors (Lipinski definition) is 3. The summed E-state index contributed by atoms with van der Waals surface area (Å²) in [6.07, 6.45) is 0.950. The first-order valence-corrected chi connectivity index (χ1v) is 11.3. The molecule has 4 heterocycles. The molecule has 1 aromatic carbocycles. The number of ether oxygens (including phenoxy) is 1. The maximum atomic E-state index is 13.2. The molecule has 0 aliphatic carbocycles. The highest BCUT2D eigenvalue weighted by Gasteiger charge is 2.32. The largest absolute Gasteiger partial charge is 0.462 e. The van der Waals surface area contributed by atoms with Gasteiger partial charge in [0.25, 0.3) is 5.91 Å². The topological polar surface area (TPSA) is 129 Å². The summed E-state index contributed by atoms with van der Waals surface area (Å²) in [4.78, 5) is 27.8. The second kappa shape index (κ2) is 9.70. The Hall–Kier alpha value is -3.38. The number of aliphatic hydroxyl groups excluding tert-OH is 1. The van der Waals surface area contributed by atoms with Crippen molar-refractivity contribution in [3.8, 4) is 17.3 Å². The first-order chi connectivity index (χ1) is 16.9. The van der Waals surface area contributed by atoms with E-state index in [2.05, 4.69) is 30.5 Å². The molecule has 5 rings (SSSR count). The summed E-state index contributed by atoms with van der Waals surface area (Å²) in [5.41, 5.74) is 0.763. The number of nitrogens with zero attached hydrogens (tertiary/aromatic N) is 5. The Balaban J connectivity index is 1.48. The SMILES string of the molecule is O=C(Nc1ccc(F)cn1)[C@H](CN1CC(O)C1)Oc1nc(-c2c(Cl)cccc2Cl)nc2[nH]ncc12. The van der Waals surface area contributed by atoms with Gasteiger partial charge >= 0.3 is 0 Å². The fourth-order valence-electron chi connectivity index (χ4n) is 3.61. The Morgan fingerprint density at radius 2 is 2.00 bits per heavy atom. The maximum Gasteiger partial charge on any atom is 0.268 e. The summed E-state index contributed by atoms with van der Waals surface area (Å²) >= 11 is 12.7. The van der Waals surface area contributed by atoms with E-state index in [-0.39, 0.29) is 24.1 Å². The molecule has 0 spiro atoms. The lowest BCUT2D eigenvalue weighted by molar-refractivity contribution is -0.125. The van der Waals surface area contributed by atoms with Gasteiger partial charge in [0.15, 0.2) is 17.6 Å². The van der Waals surface area contributed by atoms with Gasteiger partial charge in [-0.25, -0.2) is 14.4 Å². The standard InChI is InChI=1S/C22H18Cl2FN7O3/c23-14-2-1-3-15(24)18(14)20-29-19-13(7-27-31-19)22(30-20)35-16(10-32-8-12(33)9-32)21(34)28-17-5-4-11(25)6-26-17/h1-7,12,16,33H,8-10H2,(H,26,28,34)(H,27,29,30,31)/t16-/m0/s1. The molecule has 1 aliphatic heterocycles. The Labute approximate surface area is 208 Å². The molecule has 4 aromatic rings. The summed E-state index contributed by atoms with van der Waals surface area (Å²) < 4.78 is 19.3. The Morgan fingerprint density at radius 1 is 1.23 bits per heavy atom. The van der Waals surface area contributed by atoms with E-state index in [1.807, 2.05) is 4.90 Å². The number of pyridine rings is 1. The summed E-state index contributed by atoms with van der Waals surface area (Å²) in [5, 5.41) is 20.2. The molecule has 1 fully saturated rings. The third-order valence-electron chi connectivity index (χ3n) is 5.35. The van der Waals surface area contributed by atoms with Gasteiger partial charge < -0.3 is 15.2 Å². The molecule has 10 nitrogen and oxygen atoms in total. The molecule has 0 saturated carbocycles. The number of hydrogen-bond acceptors (Lipinski definition) is 8. The first-order valence-electron chi connectivity index (χ1n) is 10.5. The number of rotatable bonds is 7. The highest BCUT2D eigenvalue weighted by Crippen LogP contribution is 2.35. The lowest BCUT2D eigenvalue weighted by Crippen LogP contribution is -2.55. The number of aliphatic hydroxyl groups is 1. The summed E-state index contributed by atoms with van der Waals surface area (Å²) in [6.45, 7) is 0.955. The molecule has 1 aliphatic rings. The Morgan fingerprint density at radius 3 is 2.69 bits per heavy atom. The molecule has 35 heavy (non-hydrogen) atoms. The van der Waals surface area contributed by atoms with Gasteiger partial charge in [-0.3, -0.25) is 14.8 Å². The van der Waals surface area contributed by atoms with E-state index in [1.165, 1.54) is 18.3 Å². The van der Waals surface area contributed by atoms with Crippen LogP contribution in [0.25, 0.3) is 22.4 Å². The van der Waals surface area contributed by atoms with Crippen LogP contribution in [-0.2, 0) is 4.79 Å². The van der Waals surface area contributed by atoms with E-state index in [4.69, 9.17) is 27.9 Å². The van der Waals surface area contributed by atoms with Crippen molar-refractivity contribution in [3.63, 3.8) is 0 Å². The van der Waals surface area contributed by atoms with Crippen LogP contribution in [0.4, 0.5) is 10.2 Å². The number of carbonyl (C=O) groups excluding carboxylic acids is 1. The van der Waals surface area contributed by atoms with Crippen molar-refractivity contribution in [1.82, 2.24) is 30.0 Å². The number of nitrogens with one attached hydrogen (secondary N) is 2. The van der Waals surface area contributed by atoms with Crippen LogP contribution in [0.5, 0.6) is 5.88 Å². The van der Waals surface area contributed by atoms with Gasteiger partial charge in [0.2, 0.25) is 5.88 Å². The monoisotopic (exact) mass is 517 g/mol. The van der Waals surface area contributed by atoms with Gasteiger partial charge in [-0.05, 0) is 24.3 Å². The van der Waals surface area contributed by atoms with Crippen molar-refractivity contribution < 1.29 is 19.0 Å². The number of H-pyrrole nitrogens is 1. The van der Waals surface area contributed by atoms with Crippen LogP contribution in [-0.4, -0.2) is 72.9 Å². The number of aromatic amines is 1. The number of fused-ring (bicyclic) bond motifs is 1. The van der Waals surface area contributed by atoms with Crippen LogP contribution in [0.1, 0.15) is 0 Å². The Kier molecular flexibility index (Phi) is 6.48. The number of anilines is 1. The summed E-state index contributed by atoms with van der Waals surface area (Å²) in [5.74, 6) is -0.625. The maximum absolute atomic E-state index is 13.2. The zero-order valence-corrected chi connectivity index (χ0v) is 19.5. The molecule has 13 heteroatoms.